The normalized spacial score (nSPS) is 13.4. The predicted molar refractivity (Wildman–Crippen MR) is 112 cm³/mol. The first-order valence-corrected chi connectivity index (χ1v) is 9.69. The fourth-order valence-corrected chi connectivity index (χ4v) is 3.60. The number of carbonyl (C=O) groups excluding carboxylic acids is 2. The summed E-state index contributed by atoms with van der Waals surface area (Å²) in [6.45, 7) is 0. The van der Waals surface area contributed by atoms with Gasteiger partial charge in [0.15, 0.2) is 0 Å². The largest absolute Gasteiger partial charge is 0.361 e. The van der Waals surface area contributed by atoms with Gasteiger partial charge in [-0.05, 0) is 62.3 Å². The Hall–Kier alpha value is -3.06. The van der Waals surface area contributed by atoms with E-state index in [-0.39, 0.29) is 24.0 Å². The second kappa shape index (κ2) is 9.17. The molecule has 1 aromatic heterocycles. The number of likely N-dealkylation sites (N-methyl/N-ethyl adjacent to an activating group) is 2. The number of aldehydes is 1. The quantitative estimate of drug-likeness (QED) is 0.577. The van der Waals surface area contributed by atoms with Gasteiger partial charge >= 0.3 is 0 Å². The van der Waals surface area contributed by atoms with E-state index in [1.807, 2.05) is 0 Å². The summed E-state index contributed by atoms with van der Waals surface area (Å²) in [4.78, 5) is 31.2. The lowest BCUT2D eigenvalue weighted by Gasteiger charge is -2.31. The van der Waals surface area contributed by atoms with E-state index in [9.17, 15) is 18.4 Å². The van der Waals surface area contributed by atoms with Crippen LogP contribution >= 0.6 is 0 Å². The van der Waals surface area contributed by atoms with Crippen LogP contribution in [0.1, 0.15) is 11.1 Å². The molecule has 2 unspecified atom stereocenters. The van der Waals surface area contributed by atoms with Crippen LogP contribution in [0.3, 0.4) is 0 Å². The van der Waals surface area contributed by atoms with E-state index in [2.05, 4.69) is 4.98 Å². The summed E-state index contributed by atoms with van der Waals surface area (Å²) in [6, 6.07) is 9.39. The molecule has 0 fully saturated rings. The van der Waals surface area contributed by atoms with Crippen molar-refractivity contribution in [3.63, 3.8) is 0 Å². The van der Waals surface area contributed by atoms with E-state index in [1.165, 1.54) is 23.1 Å². The summed E-state index contributed by atoms with van der Waals surface area (Å²) in [7, 11) is 5.13. The zero-order valence-corrected chi connectivity index (χ0v) is 17.2. The fraction of sp³-hybridized carbons (Fsp3) is 0.304. The van der Waals surface area contributed by atoms with Crippen molar-refractivity contribution in [1.82, 2.24) is 14.8 Å². The highest BCUT2D eigenvalue weighted by Crippen LogP contribution is 2.24. The lowest BCUT2D eigenvalue weighted by atomic mass is 10.0. The molecule has 0 saturated heterocycles. The summed E-state index contributed by atoms with van der Waals surface area (Å²) >= 11 is 0. The molecule has 3 aromatic rings. The van der Waals surface area contributed by atoms with Gasteiger partial charge < -0.3 is 14.7 Å². The lowest BCUT2D eigenvalue weighted by Crippen LogP contribution is -2.50. The first-order valence-electron chi connectivity index (χ1n) is 9.69. The molecule has 0 spiro atoms. The number of halogens is 2. The fourth-order valence-electron chi connectivity index (χ4n) is 3.60. The number of aromatic amines is 1. The SMILES string of the molecule is CN(C)C(Cc1c[nH]c2cccc(F)c12)C(=O)N(C)C(C=O)Cc1ccc(F)cc1. The average molecular weight is 413 g/mol. The molecule has 0 aliphatic carbocycles. The van der Waals surface area contributed by atoms with Gasteiger partial charge in [-0.15, -0.1) is 0 Å². The zero-order valence-electron chi connectivity index (χ0n) is 17.2. The van der Waals surface area contributed by atoms with E-state index < -0.39 is 12.1 Å². The van der Waals surface area contributed by atoms with Gasteiger partial charge in [0.05, 0.1) is 12.1 Å². The number of benzene rings is 2. The molecule has 1 amide bonds. The number of rotatable bonds is 8. The van der Waals surface area contributed by atoms with Crippen LogP contribution in [-0.2, 0) is 22.4 Å². The van der Waals surface area contributed by atoms with Crippen molar-refractivity contribution in [2.24, 2.45) is 0 Å². The second-order valence-electron chi connectivity index (χ2n) is 7.64. The van der Waals surface area contributed by atoms with E-state index in [0.717, 1.165) is 11.8 Å². The Labute approximate surface area is 174 Å². The van der Waals surface area contributed by atoms with E-state index in [4.69, 9.17) is 0 Å². The number of aromatic nitrogens is 1. The maximum atomic E-state index is 14.3. The second-order valence-corrected chi connectivity index (χ2v) is 7.64. The monoisotopic (exact) mass is 413 g/mol. The molecule has 0 bridgehead atoms. The van der Waals surface area contributed by atoms with Gasteiger partial charge in [0, 0.05) is 24.1 Å². The van der Waals surface area contributed by atoms with Gasteiger partial charge in [-0.2, -0.15) is 0 Å². The van der Waals surface area contributed by atoms with Crippen LogP contribution in [0.5, 0.6) is 0 Å². The predicted octanol–water partition coefficient (Wildman–Crippen LogP) is 3.19. The number of hydrogen-bond donors (Lipinski definition) is 1. The summed E-state index contributed by atoms with van der Waals surface area (Å²) < 4.78 is 27.5. The molecule has 2 aromatic carbocycles. The number of nitrogens with one attached hydrogen (secondary N) is 1. The third-order valence-corrected chi connectivity index (χ3v) is 5.42. The maximum Gasteiger partial charge on any atom is 0.240 e. The minimum absolute atomic E-state index is 0.245. The number of fused-ring (bicyclic) bond motifs is 1. The van der Waals surface area contributed by atoms with Gasteiger partial charge in [0.1, 0.15) is 17.9 Å². The first kappa shape index (κ1) is 21.6. The van der Waals surface area contributed by atoms with Crippen LogP contribution in [0.2, 0.25) is 0 Å². The molecule has 0 radical (unpaired) electrons. The molecule has 1 N–H and O–H groups in total. The van der Waals surface area contributed by atoms with E-state index >= 15 is 0 Å². The zero-order chi connectivity index (χ0) is 21.8. The smallest absolute Gasteiger partial charge is 0.240 e. The van der Waals surface area contributed by atoms with Crippen LogP contribution < -0.4 is 0 Å². The van der Waals surface area contributed by atoms with Gasteiger partial charge in [0.25, 0.3) is 0 Å². The highest BCUT2D eigenvalue weighted by molar-refractivity contribution is 5.87. The molecule has 5 nitrogen and oxygen atoms in total. The number of carbonyl (C=O) groups is 2. The Bertz CT molecular complexity index is 1030. The van der Waals surface area contributed by atoms with Gasteiger partial charge in [-0.25, -0.2) is 8.78 Å². The molecular weight excluding hydrogens is 388 g/mol. The van der Waals surface area contributed by atoms with Crippen LogP contribution in [0.15, 0.2) is 48.7 Å². The van der Waals surface area contributed by atoms with Gasteiger partial charge in [0.2, 0.25) is 5.91 Å². The number of nitrogens with zero attached hydrogens (tertiary/aromatic N) is 2. The minimum Gasteiger partial charge on any atom is -0.361 e. The lowest BCUT2D eigenvalue weighted by molar-refractivity contribution is -0.139. The summed E-state index contributed by atoms with van der Waals surface area (Å²) in [5.41, 5.74) is 2.13. The Balaban J connectivity index is 1.81. The van der Waals surface area contributed by atoms with Gasteiger partial charge in [-0.1, -0.05) is 18.2 Å². The molecule has 0 aliphatic heterocycles. The molecule has 0 saturated carbocycles. The number of hydrogen-bond acceptors (Lipinski definition) is 3. The molecule has 7 heteroatoms. The first-order chi connectivity index (χ1) is 14.3. The Kier molecular flexibility index (Phi) is 6.62. The Morgan fingerprint density at radius 2 is 1.77 bits per heavy atom. The molecule has 0 aliphatic rings. The van der Waals surface area contributed by atoms with Crippen molar-refractivity contribution in [1.29, 1.82) is 0 Å². The number of amides is 1. The Morgan fingerprint density at radius 1 is 1.07 bits per heavy atom. The molecular formula is C23H25F2N3O2. The Morgan fingerprint density at radius 3 is 2.40 bits per heavy atom. The van der Waals surface area contributed by atoms with E-state index in [1.54, 1.807) is 56.5 Å². The highest BCUT2D eigenvalue weighted by Gasteiger charge is 2.29. The molecule has 158 valence electrons. The van der Waals surface area contributed by atoms with Crippen LogP contribution in [-0.4, -0.2) is 60.2 Å². The minimum atomic E-state index is -0.690. The summed E-state index contributed by atoms with van der Waals surface area (Å²) in [5, 5.41) is 0.470. The topological polar surface area (TPSA) is 56.4 Å². The van der Waals surface area contributed by atoms with Crippen LogP contribution in [0.4, 0.5) is 8.78 Å². The van der Waals surface area contributed by atoms with Crippen molar-refractivity contribution in [3.8, 4) is 0 Å². The van der Waals surface area contributed by atoms with Crippen molar-refractivity contribution >= 4 is 23.1 Å². The van der Waals surface area contributed by atoms with Crippen molar-refractivity contribution in [3.05, 3.63) is 71.4 Å². The molecule has 2 atom stereocenters. The molecule has 1 heterocycles. The standard InChI is InChI=1S/C23H25F2N3O2/c1-27(2)21(12-16-13-26-20-6-4-5-19(25)22(16)20)23(30)28(3)18(14-29)11-15-7-9-17(24)10-8-15/h4-10,13-14,18,21,26H,11-12H2,1-3H3. The summed E-state index contributed by atoms with van der Waals surface area (Å²) in [6.07, 6.45) is 3.01. The van der Waals surface area contributed by atoms with Crippen LogP contribution in [0, 0.1) is 11.6 Å². The van der Waals surface area contributed by atoms with Crippen molar-refractivity contribution < 1.29 is 18.4 Å². The van der Waals surface area contributed by atoms with Crippen molar-refractivity contribution in [2.45, 2.75) is 24.9 Å². The van der Waals surface area contributed by atoms with E-state index in [0.29, 0.717) is 22.9 Å². The van der Waals surface area contributed by atoms with Gasteiger partial charge in [-0.3, -0.25) is 9.69 Å². The highest BCUT2D eigenvalue weighted by atomic mass is 19.1. The average Bonchev–Trinajstić information content (AvgIpc) is 3.14. The van der Waals surface area contributed by atoms with Crippen molar-refractivity contribution in [2.75, 3.05) is 21.1 Å². The number of H-pyrrole nitrogens is 1. The summed E-state index contributed by atoms with van der Waals surface area (Å²) in [5.74, 6) is -0.946. The maximum absolute atomic E-state index is 14.3. The third-order valence-electron chi connectivity index (χ3n) is 5.42. The molecule has 3 rings (SSSR count). The molecule has 30 heavy (non-hydrogen) atoms. The van der Waals surface area contributed by atoms with Crippen LogP contribution in [0.25, 0.3) is 10.9 Å². The third kappa shape index (κ3) is 4.57.